The Morgan fingerprint density at radius 1 is 0.938 bits per heavy atom. The fraction of sp³-hybridized carbons (Fsp3) is 0.231. The summed E-state index contributed by atoms with van der Waals surface area (Å²) in [4.78, 5) is 24.5. The molecule has 0 radical (unpaired) electrons. The molecule has 2 aliphatic rings. The van der Waals surface area contributed by atoms with E-state index >= 15 is 0 Å². The van der Waals surface area contributed by atoms with Gasteiger partial charge in [-0.2, -0.15) is 0 Å². The van der Waals surface area contributed by atoms with Gasteiger partial charge in [0.2, 0.25) is 0 Å². The van der Waals surface area contributed by atoms with Gasteiger partial charge in [-0.3, -0.25) is 0 Å². The zero-order valence-corrected chi connectivity index (χ0v) is 17.3. The summed E-state index contributed by atoms with van der Waals surface area (Å²) < 4.78 is 18.7. The molecule has 0 heterocycles. The molecule has 2 aliphatic carbocycles. The zero-order chi connectivity index (χ0) is 22.3. The van der Waals surface area contributed by atoms with E-state index in [9.17, 15) is 19.1 Å². The molecule has 6 heteroatoms. The maximum absolute atomic E-state index is 13.2. The maximum atomic E-state index is 13.2. The number of amides is 1. The van der Waals surface area contributed by atoms with Gasteiger partial charge >= 0.3 is 12.1 Å². The van der Waals surface area contributed by atoms with Crippen LogP contribution in [0.4, 0.5) is 9.18 Å². The molecule has 32 heavy (non-hydrogen) atoms. The molecule has 0 bridgehead atoms. The van der Waals surface area contributed by atoms with Gasteiger partial charge < -0.3 is 15.2 Å². The highest BCUT2D eigenvalue weighted by Gasteiger charge is 2.52. The van der Waals surface area contributed by atoms with Gasteiger partial charge in [-0.1, -0.05) is 60.7 Å². The third-order valence-electron chi connectivity index (χ3n) is 6.63. The number of alkyl carbamates (subject to hydrolysis) is 1. The lowest BCUT2D eigenvalue weighted by Gasteiger charge is -2.44. The van der Waals surface area contributed by atoms with Crippen LogP contribution in [0.1, 0.15) is 41.4 Å². The molecule has 3 aromatic carbocycles. The van der Waals surface area contributed by atoms with E-state index in [0.717, 1.165) is 27.8 Å². The fourth-order valence-corrected chi connectivity index (χ4v) is 4.91. The number of benzene rings is 3. The average molecular weight is 431 g/mol. The number of halogens is 1. The summed E-state index contributed by atoms with van der Waals surface area (Å²) in [6, 6.07) is 22.1. The number of carbonyl (C=O) groups excluding carboxylic acids is 1. The number of hydrogen-bond donors (Lipinski definition) is 2. The van der Waals surface area contributed by atoms with Crippen molar-refractivity contribution in [1.82, 2.24) is 5.32 Å². The van der Waals surface area contributed by atoms with Crippen molar-refractivity contribution in [3.8, 4) is 11.1 Å². The molecule has 1 fully saturated rings. The van der Waals surface area contributed by atoms with Crippen LogP contribution >= 0.6 is 0 Å². The third kappa shape index (κ3) is 3.42. The van der Waals surface area contributed by atoms with Crippen LogP contribution in [-0.2, 0) is 9.53 Å². The number of carboxylic acids is 1. The largest absolute Gasteiger partial charge is 0.480 e. The quantitative estimate of drug-likeness (QED) is 0.592. The summed E-state index contributed by atoms with van der Waals surface area (Å²) in [6.45, 7) is 0.122. The van der Waals surface area contributed by atoms with Gasteiger partial charge in [-0.15, -0.1) is 0 Å². The molecule has 0 aromatic heterocycles. The lowest BCUT2D eigenvalue weighted by molar-refractivity contribution is -0.149. The molecule has 0 unspecified atom stereocenters. The van der Waals surface area contributed by atoms with Gasteiger partial charge in [0.1, 0.15) is 18.0 Å². The van der Waals surface area contributed by atoms with Gasteiger partial charge in [0, 0.05) is 5.92 Å². The Balaban J connectivity index is 1.26. The molecular formula is C26H22FNO4. The van der Waals surface area contributed by atoms with Crippen LogP contribution in [0.15, 0.2) is 72.8 Å². The highest BCUT2D eigenvalue weighted by atomic mass is 19.1. The second-order valence-electron chi connectivity index (χ2n) is 8.49. The maximum Gasteiger partial charge on any atom is 0.408 e. The molecular weight excluding hydrogens is 409 g/mol. The molecule has 3 aromatic rings. The summed E-state index contributed by atoms with van der Waals surface area (Å²) in [5.74, 6) is -1.58. The van der Waals surface area contributed by atoms with Gasteiger partial charge in [0.15, 0.2) is 0 Å². The van der Waals surface area contributed by atoms with E-state index in [-0.39, 0.29) is 37.1 Å². The smallest absolute Gasteiger partial charge is 0.408 e. The van der Waals surface area contributed by atoms with Crippen molar-refractivity contribution in [1.29, 1.82) is 0 Å². The van der Waals surface area contributed by atoms with Gasteiger partial charge in [-0.05, 0) is 58.7 Å². The molecule has 0 atom stereocenters. The van der Waals surface area contributed by atoms with E-state index in [1.807, 2.05) is 36.4 Å². The molecule has 5 rings (SSSR count). The van der Waals surface area contributed by atoms with Crippen molar-refractivity contribution >= 4 is 12.1 Å². The number of aliphatic carboxylic acids is 1. The van der Waals surface area contributed by atoms with E-state index in [1.54, 1.807) is 12.1 Å². The SMILES string of the molecule is O=C(NC1(C(=O)O)CC(c2ccc(F)cc2)C1)OCC1c2ccccc2-c2ccccc21. The fourth-order valence-electron chi connectivity index (χ4n) is 4.91. The molecule has 0 saturated heterocycles. The minimum absolute atomic E-state index is 0.0550. The van der Waals surface area contributed by atoms with Crippen molar-refractivity contribution in [2.45, 2.75) is 30.2 Å². The van der Waals surface area contributed by atoms with E-state index in [1.165, 1.54) is 12.1 Å². The van der Waals surface area contributed by atoms with Crippen molar-refractivity contribution in [3.63, 3.8) is 0 Å². The normalized spacial score (nSPS) is 21.2. The Hall–Kier alpha value is -3.67. The standard InChI is InChI=1S/C26H22FNO4/c27-18-11-9-16(10-12-18)17-13-26(14-17,24(29)30)28-25(31)32-15-23-21-7-3-1-5-19(21)20-6-2-4-8-22(20)23/h1-12,17,23H,13-15H2,(H,28,31)(H,29,30). The predicted molar refractivity (Wildman–Crippen MR) is 117 cm³/mol. The molecule has 0 aliphatic heterocycles. The number of nitrogens with one attached hydrogen (secondary N) is 1. The first-order valence-corrected chi connectivity index (χ1v) is 10.6. The molecule has 0 spiro atoms. The second kappa shape index (κ2) is 7.79. The minimum atomic E-state index is -1.37. The van der Waals surface area contributed by atoms with E-state index in [4.69, 9.17) is 4.74 Å². The number of carboxylic acid groups (broad SMARTS) is 1. The Labute approximate surface area is 184 Å². The van der Waals surface area contributed by atoms with Gasteiger partial charge in [-0.25, -0.2) is 14.0 Å². The van der Waals surface area contributed by atoms with Crippen LogP contribution in [0.2, 0.25) is 0 Å². The molecule has 1 saturated carbocycles. The zero-order valence-electron chi connectivity index (χ0n) is 17.3. The summed E-state index contributed by atoms with van der Waals surface area (Å²) in [5, 5.41) is 12.3. The summed E-state index contributed by atoms with van der Waals surface area (Å²) in [7, 11) is 0. The van der Waals surface area contributed by atoms with E-state index in [2.05, 4.69) is 17.4 Å². The van der Waals surface area contributed by atoms with Crippen LogP contribution in [-0.4, -0.2) is 29.3 Å². The first-order valence-electron chi connectivity index (χ1n) is 10.6. The lowest BCUT2D eigenvalue weighted by atomic mass is 9.65. The monoisotopic (exact) mass is 431 g/mol. The van der Waals surface area contributed by atoms with Crippen molar-refractivity contribution in [3.05, 3.63) is 95.3 Å². The number of fused-ring (bicyclic) bond motifs is 3. The number of rotatable bonds is 5. The van der Waals surface area contributed by atoms with E-state index < -0.39 is 17.6 Å². The Kier molecular flexibility index (Phi) is 4.93. The minimum Gasteiger partial charge on any atom is -0.480 e. The lowest BCUT2D eigenvalue weighted by Crippen LogP contribution is -2.61. The van der Waals surface area contributed by atoms with Crippen LogP contribution in [0.25, 0.3) is 11.1 Å². The first kappa shape index (κ1) is 20.2. The molecule has 162 valence electrons. The van der Waals surface area contributed by atoms with Crippen LogP contribution in [0.5, 0.6) is 0 Å². The molecule has 2 N–H and O–H groups in total. The predicted octanol–water partition coefficient (Wildman–Crippen LogP) is 5.07. The number of ether oxygens (including phenoxy) is 1. The van der Waals surface area contributed by atoms with Crippen LogP contribution in [0.3, 0.4) is 0 Å². The molecule has 1 amide bonds. The summed E-state index contributed by atoms with van der Waals surface area (Å²) in [6.07, 6.45) is -0.275. The van der Waals surface area contributed by atoms with Gasteiger partial charge in [0.05, 0.1) is 0 Å². The van der Waals surface area contributed by atoms with Crippen molar-refractivity contribution in [2.24, 2.45) is 0 Å². The highest BCUT2D eigenvalue weighted by molar-refractivity contribution is 5.86. The number of carbonyl (C=O) groups is 2. The summed E-state index contributed by atoms with van der Waals surface area (Å²) in [5.41, 5.74) is 3.92. The average Bonchev–Trinajstić information content (AvgIpc) is 3.09. The topological polar surface area (TPSA) is 75.6 Å². The Morgan fingerprint density at radius 2 is 1.50 bits per heavy atom. The second-order valence-corrected chi connectivity index (χ2v) is 8.49. The third-order valence-corrected chi connectivity index (χ3v) is 6.63. The van der Waals surface area contributed by atoms with Crippen LogP contribution < -0.4 is 5.32 Å². The van der Waals surface area contributed by atoms with E-state index in [0.29, 0.717) is 0 Å². The van der Waals surface area contributed by atoms with Crippen LogP contribution in [0, 0.1) is 5.82 Å². The number of hydrogen-bond acceptors (Lipinski definition) is 3. The Morgan fingerprint density at radius 3 is 2.06 bits per heavy atom. The summed E-state index contributed by atoms with van der Waals surface area (Å²) >= 11 is 0. The highest BCUT2D eigenvalue weighted by Crippen LogP contribution is 2.46. The molecule has 5 nitrogen and oxygen atoms in total. The van der Waals surface area contributed by atoms with Crippen molar-refractivity contribution < 1.29 is 23.8 Å². The first-order chi connectivity index (χ1) is 15.5. The van der Waals surface area contributed by atoms with Gasteiger partial charge in [0.25, 0.3) is 0 Å². The van der Waals surface area contributed by atoms with Crippen molar-refractivity contribution in [2.75, 3.05) is 6.61 Å². The Bertz CT molecular complexity index is 1140.